The smallest absolute Gasteiger partial charge is 0.407 e. The van der Waals surface area contributed by atoms with Crippen LogP contribution in [0.25, 0.3) is 5.53 Å². The number of amides is 1. The third-order valence-electron chi connectivity index (χ3n) is 1.32. The Bertz CT molecular complexity index is 318. The lowest BCUT2D eigenvalue weighted by atomic mass is 10.2. The molecule has 1 N–H and O–H groups in total. The second-order valence-corrected chi connectivity index (χ2v) is 4.00. The Morgan fingerprint density at radius 3 is 2.56 bits per heavy atom. The summed E-state index contributed by atoms with van der Waals surface area (Å²) in [5.41, 5.74) is 7.30. The van der Waals surface area contributed by atoms with E-state index in [0.717, 1.165) is 0 Å². The second-order valence-electron chi connectivity index (χ2n) is 4.00. The van der Waals surface area contributed by atoms with Gasteiger partial charge in [-0.15, -0.1) is 0 Å². The number of nitrogens with one attached hydrogen (secondary N) is 1. The summed E-state index contributed by atoms with van der Waals surface area (Å²) in [5, 5.41) is 2.08. The first-order valence-electron chi connectivity index (χ1n) is 4.58. The van der Waals surface area contributed by atoms with Gasteiger partial charge in [-0.05, 0) is 20.8 Å². The molecule has 0 aliphatic heterocycles. The molecule has 0 spiro atoms. The van der Waals surface area contributed by atoms with E-state index >= 15 is 0 Å². The van der Waals surface area contributed by atoms with E-state index in [1.54, 1.807) is 20.8 Å². The largest absolute Gasteiger partial charge is 0.444 e. The topological polar surface area (TPSA) is 91.8 Å². The van der Waals surface area contributed by atoms with Gasteiger partial charge >= 0.3 is 12.3 Å². The lowest BCUT2D eigenvalue weighted by Gasteiger charge is -2.19. The van der Waals surface area contributed by atoms with Gasteiger partial charge in [0.05, 0.1) is 6.54 Å². The molecular weight excluding hydrogens is 217 g/mol. The van der Waals surface area contributed by atoms with Crippen molar-refractivity contribution in [2.75, 3.05) is 6.54 Å². The average molecular weight is 231 g/mol. The van der Waals surface area contributed by atoms with E-state index in [1.165, 1.54) is 0 Å². The minimum absolute atomic E-state index is 0.432. The summed E-state index contributed by atoms with van der Waals surface area (Å²) in [6.45, 7) is 4.44. The monoisotopic (exact) mass is 231 g/mol. The van der Waals surface area contributed by atoms with Gasteiger partial charge < -0.3 is 15.6 Å². The van der Waals surface area contributed by atoms with Crippen molar-refractivity contribution >= 4 is 18.1 Å². The van der Waals surface area contributed by atoms with Gasteiger partial charge in [-0.3, -0.25) is 4.79 Å². The molecule has 0 aromatic rings. The molecule has 0 aromatic carbocycles. The number of carbonyl (C=O) groups is 2. The molecule has 90 valence electrons. The minimum atomic E-state index is -1.96. The van der Waals surface area contributed by atoms with Crippen LogP contribution in [0.1, 0.15) is 20.8 Å². The molecule has 0 saturated heterocycles. The van der Waals surface area contributed by atoms with E-state index in [9.17, 15) is 14.0 Å². The van der Waals surface area contributed by atoms with E-state index in [-0.39, 0.29) is 0 Å². The normalized spacial score (nSPS) is 12.2. The van der Waals surface area contributed by atoms with E-state index in [1.807, 2.05) is 0 Å². The molecule has 1 amide bonds. The molecule has 0 unspecified atom stereocenters. The summed E-state index contributed by atoms with van der Waals surface area (Å²) in [7, 11) is 0. The molecule has 0 saturated carbocycles. The number of hydrogen-bond donors (Lipinski definition) is 1. The Morgan fingerprint density at radius 1 is 1.56 bits per heavy atom. The number of alkyl halides is 1. The highest BCUT2D eigenvalue weighted by molar-refractivity contribution is 6.27. The molecule has 7 heteroatoms. The zero-order valence-corrected chi connectivity index (χ0v) is 9.36. The van der Waals surface area contributed by atoms with Crippen LogP contribution in [0, 0.1) is 0 Å². The summed E-state index contributed by atoms with van der Waals surface area (Å²) in [6.07, 6.45) is -2.34. The molecule has 16 heavy (non-hydrogen) atoms. The first-order chi connectivity index (χ1) is 7.26. The number of rotatable bonds is 4. The van der Waals surface area contributed by atoms with Crippen LogP contribution in [-0.2, 0) is 9.53 Å². The van der Waals surface area contributed by atoms with Gasteiger partial charge in [-0.1, -0.05) is 0 Å². The van der Waals surface area contributed by atoms with Crippen LogP contribution in [-0.4, -0.2) is 41.2 Å². The molecule has 0 heterocycles. The number of carbonyl (C=O) groups excluding carboxylic acids is 2. The predicted octanol–water partition coefficient (Wildman–Crippen LogP) is 0.719. The number of halogens is 1. The van der Waals surface area contributed by atoms with Crippen LogP contribution in [0.3, 0.4) is 0 Å². The van der Waals surface area contributed by atoms with Crippen molar-refractivity contribution in [2.24, 2.45) is 0 Å². The van der Waals surface area contributed by atoms with Gasteiger partial charge in [0.15, 0.2) is 6.17 Å². The Balaban J connectivity index is 4.02. The van der Waals surface area contributed by atoms with Crippen LogP contribution in [0.15, 0.2) is 0 Å². The molecule has 0 fully saturated rings. The molecule has 0 aliphatic rings. The highest BCUT2D eigenvalue weighted by Gasteiger charge is 2.21. The van der Waals surface area contributed by atoms with Crippen molar-refractivity contribution in [3.05, 3.63) is 5.53 Å². The quantitative estimate of drug-likeness (QED) is 0.439. The highest BCUT2D eigenvalue weighted by atomic mass is 19.1. The van der Waals surface area contributed by atoms with E-state index < -0.39 is 30.2 Å². The Morgan fingerprint density at radius 2 is 2.12 bits per heavy atom. The van der Waals surface area contributed by atoms with Crippen LogP contribution in [0.5, 0.6) is 0 Å². The summed E-state index contributed by atoms with van der Waals surface area (Å²) in [6, 6.07) is 0. The van der Waals surface area contributed by atoms with Crippen molar-refractivity contribution in [3.8, 4) is 0 Å². The second kappa shape index (κ2) is 5.97. The molecule has 6 nitrogen and oxygen atoms in total. The summed E-state index contributed by atoms with van der Waals surface area (Å²) in [4.78, 5) is 24.2. The van der Waals surface area contributed by atoms with Crippen LogP contribution < -0.4 is 5.32 Å². The maximum atomic E-state index is 13.0. The highest BCUT2D eigenvalue weighted by Crippen LogP contribution is 2.06. The fraction of sp³-hybridized carbons (Fsp3) is 0.667. The Hall–Kier alpha value is -1.75. The summed E-state index contributed by atoms with van der Waals surface area (Å²) < 4.78 is 17.8. The maximum absolute atomic E-state index is 13.0. The van der Waals surface area contributed by atoms with E-state index in [0.29, 0.717) is 6.21 Å². The number of alkyl carbamates (subject to hydrolysis) is 1. The van der Waals surface area contributed by atoms with Gasteiger partial charge in [-0.2, -0.15) is 4.79 Å². The zero-order valence-electron chi connectivity index (χ0n) is 9.36. The molecule has 0 radical (unpaired) electrons. The lowest BCUT2D eigenvalue weighted by molar-refractivity contribution is -0.120. The SMILES string of the molecule is CC(C)(C)OC(=O)NC[C@H](F)C(=O)C=[N+]=[N-]. The molecule has 0 aromatic heterocycles. The van der Waals surface area contributed by atoms with Crippen LogP contribution in [0.2, 0.25) is 0 Å². The molecule has 1 atom stereocenters. The van der Waals surface area contributed by atoms with E-state index in [2.05, 4.69) is 10.1 Å². The third-order valence-corrected chi connectivity index (χ3v) is 1.32. The standard InChI is InChI=1S/C9H14FN3O3/c1-9(2,3)16-8(15)12-4-6(10)7(14)5-13-11/h5-6H,4H2,1-3H3,(H,12,15)/t6-/m0/s1. The minimum Gasteiger partial charge on any atom is -0.444 e. The van der Waals surface area contributed by atoms with E-state index in [4.69, 9.17) is 10.3 Å². The molecule has 0 bridgehead atoms. The Labute approximate surface area is 92.4 Å². The van der Waals surface area contributed by atoms with Gasteiger partial charge in [0.2, 0.25) is 0 Å². The lowest BCUT2D eigenvalue weighted by Crippen LogP contribution is -2.38. The maximum Gasteiger partial charge on any atom is 0.407 e. The molecule has 0 rings (SSSR count). The third kappa shape index (κ3) is 6.67. The summed E-state index contributed by atoms with van der Waals surface area (Å²) >= 11 is 0. The average Bonchev–Trinajstić information content (AvgIpc) is 2.11. The van der Waals surface area contributed by atoms with Gasteiger partial charge in [0.1, 0.15) is 5.60 Å². The first kappa shape index (κ1) is 14.2. The van der Waals surface area contributed by atoms with Crippen molar-refractivity contribution in [3.63, 3.8) is 0 Å². The molecule has 0 aliphatic carbocycles. The fourth-order valence-corrected chi connectivity index (χ4v) is 0.725. The summed E-state index contributed by atoms with van der Waals surface area (Å²) in [5.74, 6) is -1.03. The molecular formula is C9H14FN3O3. The number of nitrogens with zero attached hydrogens (tertiary/aromatic N) is 2. The zero-order chi connectivity index (χ0) is 12.8. The van der Waals surface area contributed by atoms with Crippen molar-refractivity contribution in [2.45, 2.75) is 32.5 Å². The van der Waals surface area contributed by atoms with Crippen LogP contribution in [0.4, 0.5) is 9.18 Å². The predicted molar refractivity (Wildman–Crippen MR) is 53.8 cm³/mol. The van der Waals surface area contributed by atoms with Crippen molar-refractivity contribution in [1.82, 2.24) is 5.32 Å². The van der Waals surface area contributed by atoms with Gasteiger partial charge in [0.25, 0.3) is 5.78 Å². The van der Waals surface area contributed by atoms with Gasteiger partial charge in [-0.25, -0.2) is 9.18 Å². The number of hydrogen-bond acceptors (Lipinski definition) is 3. The van der Waals surface area contributed by atoms with Gasteiger partial charge in [0, 0.05) is 0 Å². The fourth-order valence-electron chi connectivity index (χ4n) is 0.725. The first-order valence-corrected chi connectivity index (χ1v) is 4.58. The number of ether oxygens (including phenoxy) is 1. The number of Topliss-reactive ketones (excluding diaryl/α,β-unsaturated/α-hetero) is 1. The van der Waals surface area contributed by atoms with Crippen molar-refractivity contribution in [1.29, 1.82) is 0 Å². The van der Waals surface area contributed by atoms with Crippen molar-refractivity contribution < 1.29 is 23.5 Å². The number of ketones is 1. The van der Waals surface area contributed by atoms with Crippen LogP contribution >= 0.6 is 0 Å². The Kier molecular flexibility index (Phi) is 5.32.